The van der Waals surface area contributed by atoms with Gasteiger partial charge in [-0.2, -0.15) is 5.10 Å². The molecule has 1 amide bonds. The van der Waals surface area contributed by atoms with Gasteiger partial charge < -0.3 is 15.8 Å². The van der Waals surface area contributed by atoms with E-state index in [-0.39, 0.29) is 11.4 Å². The fourth-order valence-electron chi connectivity index (χ4n) is 3.63. The quantitative estimate of drug-likeness (QED) is 0.431. The normalized spacial score (nSPS) is 11.9. The minimum Gasteiger partial charge on any atom is -0.447 e. The van der Waals surface area contributed by atoms with Gasteiger partial charge in [-0.15, -0.1) is 0 Å². The number of halogens is 2. The molecule has 0 fully saturated rings. The van der Waals surface area contributed by atoms with Gasteiger partial charge in [-0.25, -0.2) is 23.4 Å². The van der Waals surface area contributed by atoms with Crippen LogP contribution in [0.4, 0.5) is 20.3 Å². The SMILES string of the molecule is CC(=O)OC(C(=O)Nc1ccc(-n2nc(C)c3ncnc(N)c32)c(C)c1)c1cc(F)cc(F)c1. The standard InChI is InChI=1S/C23H20F2N6O3/c1-11-6-17(4-5-18(11)31-20-19(12(2)30-31)27-10-28-22(20)26)29-23(33)21(34-13(3)32)14-7-15(24)9-16(25)8-14/h4-10,21H,1-3H3,(H,29,33)(H2,26,27,28). The molecule has 2 aromatic heterocycles. The number of benzene rings is 2. The zero-order chi connectivity index (χ0) is 24.6. The summed E-state index contributed by atoms with van der Waals surface area (Å²) in [4.78, 5) is 32.7. The van der Waals surface area contributed by atoms with Crippen LogP contribution in [-0.2, 0) is 14.3 Å². The number of amides is 1. The van der Waals surface area contributed by atoms with Crippen molar-refractivity contribution in [3.63, 3.8) is 0 Å². The maximum atomic E-state index is 13.7. The van der Waals surface area contributed by atoms with E-state index in [0.29, 0.717) is 34.2 Å². The Balaban J connectivity index is 1.65. The topological polar surface area (TPSA) is 125 Å². The summed E-state index contributed by atoms with van der Waals surface area (Å²) in [5.41, 5.74) is 9.54. The largest absolute Gasteiger partial charge is 0.447 e. The second-order valence-electron chi connectivity index (χ2n) is 7.64. The molecule has 0 aliphatic rings. The van der Waals surface area contributed by atoms with Gasteiger partial charge >= 0.3 is 5.97 Å². The molecule has 2 heterocycles. The summed E-state index contributed by atoms with van der Waals surface area (Å²) < 4.78 is 34.0. The summed E-state index contributed by atoms with van der Waals surface area (Å²) in [6.07, 6.45) is -0.177. The van der Waals surface area contributed by atoms with Crippen molar-refractivity contribution in [2.45, 2.75) is 26.9 Å². The number of hydrogen-bond donors (Lipinski definition) is 2. The molecule has 1 unspecified atom stereocenters. The Morgan fingerprint density at radius 2 is 1.79 bits per heavy atom. The Labute approximate surface area is 192 Å². The number of ether oxygens (including phenoxy) is 1. The van der Waals surface area contributed by atoms with Crippen LogP contribution in [0, 0.1) is 25.5 Å². The molecule has 34 heavy (non-hydrogen) atoms. The van der Waals surface area contributed by atoms with Gasteiger partial charge in [0.15, 0.2) is 5.82 Å². The van der Waals surface area contributed by atoms with E-state index in [1.165, 1.54) is 6.33 Å². The van der Waals surface area contributed by atoms with E-state index in [1.54, 1.807) is 36.7 Å². The van der Waals surface area contributed by atoms with Gasteiger partial charge in [0.05, 0.1) is 11.4 Å². The molecule has 4 aromatic rings. The zero-order valence-electron chi connectivity index (χ0n) is 18.5. The van der Waals surface area contributed by atoms with E-state index in [1.807, 2.05) is 0 Å². The first-order valence-electron chi connectivity index (χ1n) is 10.1. The van der Waals surface area contributed by atoms with Gasteiger partial charge in [0, 0.05) is 24.2 Å². The van der Waals surface area contributed by atoms with Crippen LogP contribution in [-0.4, -0.2) is 31.6 Å². The summed E-state index contributed by atoms with van der Waals surface area (Å²) in [6.45, 7) is 4.71. The number of nitrogens with two attached hydrogens (primary N) is 1. The van der Waals surface area contributed by atoms with Crippen LogP contribution in [0.5, 0.6) is 0 Å². The molecule has 0 bridgehead atoms. The van der Waals surface area contributed by atoms with Crippen LogP contribution >= 0.6 is 0 Å². The molecule has 4 rings (SSSR count). The van der Waals surface area contributed by atoms with Crippen LogP contribution < -0.4 is 11.1 Å². The maximum absolute atomic E-state index is 13.7. The van der Waals surface area contributed by atoms with Gasteiger partial charge in [0.2, 0.25) is 6.10 Å². The van der Waals surface area contributed by atoms with Gasteiger partial charge in [0.1, 0.15) is 29.0 Å². The lowest BCUT2D eigenvalue weighted by atomic mass is 10.1. The number of nitrogens with zero attached hydrogens (tertiary/aromatic N) is 4. The van der Waals surface area contributed by atoms with E-state index in [2.05, 4.69) is 20.4 Å². The Morgan fingerprint density at radius 3 is 2.44 bits per heavy atom. The number of carbonyl (C=O) groups is 2. The van der Waals surface area contributed by atoms with Crippen LogP contribution in [0.2, 0.25) is 0 Å². The predicted molar refractivity (Wildman–Crippen MR) is 120 cm³/mol. The maximum Gasteiger partial charge on any atom is 0.303 e. The van der Waals surface area contributed by atoms with Gasteiger partial charge in [-0.3, -0.25) is 9.59 Å². The molecule has 1 atom stereocenters. The average molecular weight is 466 g/mol. The summed E-state index contributed by atoms with van der Waals surface area (Å²) in [6, 6.07) is 7.52. The first-order chi connectivity index (χ1) is 16.1. The fraction of sp³-hybridized carbons (Fsp3) is 0.174. The van der Waals surface area contributed by atoms with Crippen molar-refractivity contribution in [3.8, 4) is 5.69 Å². The zero-order valence-corrected chi connectivity index (χ0v) is 18.5. The number of rotatable bonds is 5. The van der Waals surface area contributed by atoms with Gasteiger partial charge in [0.25, 0.3) is 5.91 Å². The van der Waals surface area contributed by atoms with Crippen molar-refractivity contribution < 1.29 is 23.1 Å². The molecule has 0 aliphatic heterocycles. The molecule has 2 aromatic carbocycles. The average Bonchev–Trinajstić information content (AvgIpc) is 3.09. The Bertz CT molecular complexity index is 1420. The molecule has 0 saturated carbocycles. The number of esters is 1. The molecule has 0 radical (unpaired) electrons. The molecule has 174 valence electrons. The minimum absolute atomic E-state index is 0.132. The minimum atomic E-state index is -1.54. The lowest BCUT2D eigenvalue weighted by Gasteiger charge is -2.18. The van der Waals surface area contributed by atoms with Gasteiger partial charge in [-0.05, 0) is 49.7 Å². The van der Waals surface area contributed by atoms with Crippen LogP contribution in [0.25, 0.3) is 16.7 Å². The van der Waals surface area contributed by atoms with Crippen molar-refractivity contribution in [1.29, 1.82) is 0 Å². The number of anilines is 2. The van der Waals surface area contributed by atoms with E-state index in [4.69, 9.17) is 10.5 Å². The molecular formula is C23H20F2N6O3. The number of carbonyl (C=O) groups excluding carboxylic acids is 2. The second-order valence-corrected chi connectivity index (χ2v) is 7.64. The molecule has 9 nitrogen and oxygen atoms in total. The Kier molecular flexibility index (Phi) is 5.93. The smallest absolute Gasteiger partial charge is 0.303 e. The third kappa shape index (κ3) is 4.40. The number of nitrogens with one attached hydrogen (secondary N) is 1. The van der Waals surface area contributed by atoms with Crippen molar-refractivity contribution in [2.24, 2.45) is 0 Å². The summed E-state index contributed by atoms with van der Waals surface area (Å²) in [7, 11) is 0. The Morgan fingerprint density at radius 1 is 1.09 bits per heavy atom. The number of aryl methyl sites for hydroxylation is 2. The van der Waals surface area contributed by atoms with Crippen LogP contribution in [0.15, 0.2) is 42.7 Å². The first-order valence-corrected chi connectivity index (χ1v) is 10.1. The van der Waals surface area contributed by atoms with E-state index in [0.717, 1.165) is 24.6 Å². The summed E-state index contributed by atoms with van der Waals surface area (Å²) in [5.74, 6) is -3.08. The molecule has 0 saturated heterocycles. The predicted octanol–water partition coefficient (Wildman–Crippen LogP) is 3.54. The molecule has 0 spiro atoms. The molecular weight excluding hydrogens is 446 g/mol. The van der Waals surface area contributed by atoms with Gasteiger partial charge in [-0.1, -0.05) is 0 Å². The number of fused-ring (bicyclic) bond motifs is 1. The van der Waals surface area contributed by atoms with E-state index >= 15 is 0 Å². The second kappa shape index (κ2) is 8.85. The number of hydrogen-bond acceptors (Lipinski definition) is 7. The third-order valence-electron chi connectivity index (χ3n) is 5.06. The highest BCUT2D eigenvalue weighted by Gasteiger charge is 2.26. The summed E-state index contributed by atoms with van der Waals surface area (Å²) >= 11 is 0. The molecule has 3 N–H and O–H groups in total. The van der Waals surface area contributed by atoms with Crippen molar-refractivity contribution in [3.05, 3.63) is 71.2 Å². The van der Waals surface area contributed by atoms with Crippen molar-refractivity contribution in [1.82, 2.24) is 19.7 Å². The van der Waals surface area contributed by atoms with E-state index < -0.39 is 29.6 Å². The van der Waals surface area contributed by atoms with Crippen LogP contribution in [0.1, 0.15) is 29.8 Å². The number of nitrogen functional groups attached to an aromatic ring is 1. The number of aromatic nitrogens is 4. The van der Waals surface area contributed by atoms with Crippen molar-refractivity contribution in [2.75, 3.05) is 11.1 Å². The molecule has 0 aliphatic carbocycles. The monoisotopic (exact) mass is 466 g/mol. The van der Waals surface area contributed by atoms with E-state index in [9.17, 15) is 18.4 Å². The fourth-order valence-corrected chi connectivity index (χ4v) is 3.63. The lowest BCUT2D eigenvalue weighted by molar-refractivity contribution is -0.152. The third-order valence-corrected chi connectivity index (χ3v) is 5.06. The van der Waals surface area contributed by atoms with Crippen molar-refractivity contribution >= 4 is 34.4 Å². The first kappa shape index (κ1) is 22.8. The highest BCUT2D eigenvalue weighted by Crippen LogP contribution is 2.28. The Hall–Kier alpha value is -4.41. The lowest BCUT2D eigenvalue weighted by Crippen LogP contribution is -2.25. The summed E-state index contributed by atoms with van der Waals surface area (Å²) in [5, 5.41) is 7.13. The highest BCUT2D eigenvalue weighted by molar-refractivity contribution is 5.96. The highest BCUT2D eigenvalue weighted by atomic mass is 19.1. The molecule has 11 heteroatoms. The van der Waals surface area contributed by atoms with Crippen LogP contribution in [0.3, 0.4) is 0 Å².